The number of nitrogens with two attached hydrogens (primary N) is 1. The highest BCUT2D eigenvalue weighted by molar-refractivity contribution is 9.10. The van der Waals surface area contributed by atoms with Gasteiger partial charge < -0.3 is 20.8 Å². The molecule has 9 heteroatoms. The number of benzene rings is 2. The molecule has 2 aliphatic heterocycles. The van der Waals surface area contributed by atoms with E-state index >= 15 is 0 Å². The van der Waals surface area contributed by atoms with Gasteiger partial charge in [-0.1, -0.05) is 51.4 Å². The van der Waals surface area contributed by atoms with Crippen LogP contribution in [0.5, 0.6) is 0 Å². The number of hydrogen-bond donors (Lipinski definition) is 2. The van der Waals surface area contributed by atoms with E-state index in [0.717, 1.165) is 15.7 Å². The van der Waals surface area contributed by atoms with Gasteiger partial charge in [-0.05, 0) is 29.8 Å². The van der Waals surface area contributed by atoms with Gasteiger partial charge in [-0.15, -0.1) is 0 Å². The van der Waals surface area contributed by atoms with Crippen molar-refractivity contribution in [1.29, 1.82) is 0 Å². The highest BCUT2D eigenvalue weighted by Gasteiger charge is 2.53. The van der Waals surface area contributed by atoms with Crippen molar-refractivity contribution in [2.24, 2.45) is 10.9 Å². The van der Waals surface area contributed by atoms with Crippen LogP contribution in [-0.4, -0.2) is 53.1 Å². The van der Waals surface area contributed by atoms with E-state index in [9.17, 15) is 14.4 Å². The van der Waals surface area contributed by atoms with Crippen LogP contribution >= 0.6 is 15.9 Å². The molecule has 160 valence electrons. The normalized spacial score (nSPS) is 22.2. The number of rotatable bonds is 5. The van der Waals surface area contributed by atoms with Gasteiger partial charge in [0.1, 0.15) is 6.04 Å². The van der Waals surface area contributed by atoms with Gasteiger partial charge in [0, 0.05) is 22.9 Å². The summed E-state index contributed by atoms with van der Waals surface area (Å²) >= 11 is 3.36. The van der Waals surface area contributed by atoms with Gasteiger partial charge in [0.25, 0.3) is 5.91 Å². The molecule has 1 saturated heterocycles. The molecule has 1 spiro atoms. The van der Waals surface area contributed by atoms with E-state index in [4.69, 9.17) is 10.6 Å². The summed E-state index contributed by atoms with van der Waals surface area (Å²) in [4.78, 5) is 44.5. The van der Waals surface area contributed by atoms with E-state index in [2.05, 4.69) is 26.4 Å². The van der Waals surface area contributed by atoms with Gasteiger partial charge >= 0.3 is 0 Å². The van der Waals surface area contributed by atoms with Crippen molar-refractivity contribution < 1.29 is 19.2 Å². The molecule has 2 aromatic carbocycles. The smallest absolute Gasteiger partial charge is 0.254 e. The molecular weight excluding hydrogens is 464 g/mol. The third kappa shape index (κ3) is 4.46. The number of carbonyl (C=O) groups is 3. The summed E-state index contributed by atoms with van der Waals surface area (Å²) in [6.45, 7) is -0.0916. The topological polar surface area (TPSA) is 114 Å². The highest BCUT2D eigenvalue weighted by atomic mass is 79.9. The molecule has 2 aromatic rings. The maximum Gasteiger partial charge on any atom is 0.254 e. The van der Waals surface area contributed by atoms with Gasteiger partial charge in [-0.2, -0.15) is 0 Å². The first-order chi connectivity index (χ1) is 14.9. The van der Waals surface area contributed by atoms with Gasteiger partial charge in [-0.25, -0.2) is 0 Å². The molecule has 0 aliphatic carbocycles. The maximum absolute atomic E-state index is 13.2. The molecule has 0 radical (unpaired) electrons. The minimum atomic E-state index is -0.805. The Labute approximate surface area is 187 Å². The van der Waals surface area contributed by atoms with Crippen molar-refractivity contribution in [2.75, 3.05) is 13.1 Å². The Morgan fingerprint density at radius 3 is 2.55 bits per heavy atom. The zero-order valence-electron chi connectivity index (χ0n) is 16.6. The Morgan fingerprint density at radius 2 is 1.87 bits per heavy atom. The average molecular weight is 485 g/mol. The second kappa shape index (κ2) is 8.50. The third-order valence-electron chi connectivity index (χ3n) is 5.44. The molecule has 0 aromatic heterocycles. The molecule has 0 saturated carbocycles. The van der Waals surface area contributed by atoms with Crippen LogP contribution in [0, 0.1) is 0 Å². The summed E-state index contributed by atoms with van der Waals surface area (Å²) in [6.07, 6.45) is 0.737. The second-order valence-corrected chi connectivity index (χ2v) is 8.61. The van der Waals surface area contributed by atoms with Crippen LogP contribution in [0.1, 0.15) is 28.8 Å². The molecule has 3 amide bonds. The fraction of sp³-hybridized carbons (Fsp3) is 0.273. The predicted molar refractivity (Wildman–Crippen MR) is 117 cm³/mol. The molecule has 2 aliphatic rings. The summed E-state index contributed by atoms with van der Waals surface area (Å²) in [5.41, 5.74) is 6.52. The lowest BCUT2D eigenvalue weighted by atomic mass is 9.91. The SMILES string of the molecule is NC(=O)CNC(=O)C1CC2(CC(c3ccccc3)=NO2)CN1C(=O)c1ccc(Br)cc1. The molecule has 2 unspecified atom stereocenters. The molecule has 2 atom stereocenters. The number of nitrogens with one attached hydrogen (secondary N) is 1. The van der Waals surface area contributed by atoms with Crippen molar-refractivity contribution >= 4 is 39.4 Å². The maximum atomic E-state index is 13.2. The van der Waals surface area contributed by atoms with Crippen LogP contribution in [-0.2, 0) is 14.4 Å². The number of halogens is 1. The van der Waals surface area contributed by atoms with E-state index in [1.54, 1.807) is 24.3 Å². The standard InChI is InChI=1S/C22H21BrN4O4/c23-16-8-6-15(7-9-16)21(30)27-13-22(11-18(27)20(29)25-12-19(24)28)10-17(26-31-22)14-4-2-1-3-5-14/h1-9,18H,10-13H2,(H2,24,28)(H,25,29). The Kier molecular flexibility index (Phi) is 5.77. The number of primary amides is 1. The molecule has 1 fully saturated rings. The second-order valence-electron chi connectivity index (χ2n) is 7.70. The van der Waals surface area contributed by atoms with Crippen LogP contribution in [0.4, 0.5) is 0 Å². The van der Waals surface area contributed by atoms with E-state index in [0.29, 0.717) is 12.0 Å². The Morgan fingerprint density at radius 1 is 1.16 bits per heavy atom. The van der Waals surface area contributed by atoms with Crippen molar-refractivity contribution in [2.45, 2.75) is 24.5 Å². The van der Waals surface area contributed by atoms with Gasteiger partial charge in [-0.3, -0.25) is 14.4 Å². The largest absolute Gasteiger partial charge is 0.387 e. The zero-order valence-corrected chi connectivity index (χ0v) is 18.2. The number of carbonyl (C=O) groups excluding carboxylic acids is 3. The van der Waals surface area contributed by atoms with Crippen molar-refractivity contribution in [3.05, 3.63) is 70.2 Å². The lowest BCUT2D eigenvalue weighted by Gasteiger charge is -2.24. The van der Waals surface area contributed by atoms with E-state index in [1.165, 1.54) is 4.90 Å². The first kappa shape index (κ1) is 21.0. The molecule has 3 N–H and O–H groups in total. The Balaban J connectivity index is 1.58. The summed E-state index contributed by atoms with van der Waals surface area (Å²) in [7, 11) is 0. The summed E-state index contributed by atoms with van der Waals surface area (Å²) in [5.74, 6) is -1.39. The van der Waals surface area contributed by atoms with Crippen LogP contribution in [0.2, 0.25) is 0 Å². The van der Waals surface area contributed by atoms with Gasteiger partial charge in [0.15, 0.2) is 5.60 Å². The van der Waals surface area contributed by atoms with Crippen LogP contribution in [0.25, 0.3) is 0 Å². The van der Waals surface area contributed by atoms with Crippen molar-refractivity contribution in [3.8, 4) is 0 Å². The van der Waals surface area contributed by atoms with Crippen LogP contribution in [0.3, 0.4) is 0 Å². The number of hydrogen-bond acceptors (Lipinski definition) is 5. The number of likely N-dealkylation sites (tertiary alicyclic amines) is 1. The third-order valence-corrected chi connectivity index (χ3v) is 5.97. The Bertz CT molecular complexity index is 1040. The van der Waals surface area contributed by atoms with Crippen LogP contribution in [0.15, 0.2) is 64.2 Å². The number of amides is 3. The first-order valence-corrected chi connectivity index (χ1v) is 10.6. The molecule has 0 bridgehead atoms. The van der Waals surface area contributed by atoms with E-state index in [1.807, 2.05) is 30.3 Å². The lowest BCUT2D eigenvalue weighted by Crippen LogP contribution is -2.47. The summed E-state index contributed by atoms with van der Waals surface area (Å²) in [5, 5.41) is 6.76. The molecule has 31 heavy (non-hydrogen) atoms. The van der Waals surface area contributed by atoms with E-state index < -0.39 is 23.5 Å². The monoisotopic (exact) mass is 484 g/mol. The summed E-state index contributed by atoms with van der Waals surface area (Å²) < 4.78 is 0.845. The molecule has 8 nitrogen and oxygen atoms in total. The highest BCUT2D eigenvalue weighted by Crippen LogP contribution is 2.39. The zero-order chi connectivity index (χ0) is 22.0. The first-order valence-electron chi connectivity index (χ1n) is 9.80. The lowest BCUT2D eigenvalue weighted by molar-refractivity contribution is -0.127. The van der Waals surface area contributed by atoms with Crippen molar-refractivity contribution in [3.63, 3.8) is 0 Å². The molecule has 4 rings (SSSR count). The van der Waals surface area contributed by atoms with Crippen LogP contribution < -0.4 is 11.1 Å². The predicted octanol–water partition coefficient (Wildman–Crippen LogP) is 1.83. The minimum Gasteiger partial charge on any atom is -0.387 e. The van der Waals surface area contributed by atoms with Gasteiger partial charge in [0.05, 0.1) is 18.8 Å². The average Bonchev–Trinajstić information content (AvgIpc) is 3.37. The van der Waals surface area contributed by atoms with Crippen molar-refractivity contribution in [1.82, 2.24) is 10.2 Å². The van der Waals surface area contributed by atoms with Gasteiger partial charge in [0.2, 0.25) is 11.8 Å². The van der Waals surface area contributed by atoms with E-state index in [-0.39, 0.29) is 25.4 Å². The molecule has 2 heterocycles. The summed E-state index contributed by atoms with van der Waals surface area (Å²) in [6, 6.07) is 15.8. The minimum absolute atomic E-state index is 0.205. The number of oxime groups is 1. The fourth-order valence-electron chi connectivity index (χ4n) is 3.95. The quantitative estimate of drug-likeness (QED) is 0.673. The Hall–Kier alpha value is -3.20. The fourth-order valence-corrected chi connectivity index (χ4v) is 4.21. The molecular formula is C22H21BrN4O4. The number of nitrogens with zero attached hydrogens (tertiary/aromatic N) is 2.